The first-order chi connectivity index (χ1) is 59.4. The van der Waals surface area contributed by atoms with E-state index in [4.69, 9.17) is 134 Å². The molecular weight excluding hydrogens is 1790 g/mol. The van der Waals surface area contributed by atoms with E-state index >= 15 is 0 Å². The topological polar surface area (TPSA) is 321 Å². The molecule has 6 heterocycles. The van der Waals surface area contributed by atoms with E-state index in [1.54, 1.807) is 48.5 Å². The van der Waals surface area contributed by atoms with Crippen molar-refractivity contribution < 1.29 is 84.4 Å². The third-order valence-corrected chi connectivity index (χ3v) is 19.5. The number of thiophene rings is 3. The number of hydrogen-bond acceptors (Lipinski definition) is 19. The minimum atomic E-state index is -1.33. The molecule has 0 radical (unpaired) electrons. The number of oxime groups is 2. The molecule has 1 aliphatic heterocycles. The third-order valence-electron chi connectivity index (χ3n) is 15.3. The van der Waals surface area contributed by atoms with Crippen LogP contribution < -0.4 is 16.0 Å². The summed E-state index contributed by atoms with van der Waals surface area (Å²) in [6.07, 6.45) is 5.39. The van der Waals surface area contributed by atoms with Crippen molar-refractivity contribution in [1.82, 2.24) is 31.2 Å². The van der Waals surface area contributed by atoms with Gasteiger partial charge >= 0.3 is 5.97 Å². The number of aliphatic hydroxyl groups is 1. The zero-order valence-corrected chi connectivity index (χ0v) is 69.1. The number of carboxylic acids is 1. The Labute approximate surface area is 737 Å². The lowest BCUT2D eigenvalue weighted by Gasteiger charge is -2.14. The van der Waals surface area contributed by atoms with E-state index in [-0.39, 0.29) is 116 Å². The molecule has 0 saturated carbocycles. The number of amidine groups is 1. The average Bonchev–Trinajstić information content (AvgIpc) is 1.62. The van der Waals surface area contributed by atoms with Gasteiger partial charge in [-0.05, 0) is 84.9 Å². The number of aromatic carboxylic acids is 1. The summed E-state index contributed by atoms with van der Waals surface area (Å²) in [4.78, 5) is 81.7. The van der Waals surface area contributed by atoms with E-state index in [0.717, 1.165) is 60.4 Å². The van der Waals surface area contributed by atoms with E-state index in [2.05, 4.69) is 76.6 Å². The van der Waals surface area contributed by atoms with Gasteiger partial charge < -0.3 is 50.5 Å². The quantitative estimate of drug-likeness (QED) is 0.00900. The Bertz CT molecular complexity index is 6220. The van der Waals surface area contributed by atoms with Gasteiger partial charge in [0.25, 0.3) is 17.7 Å². The Morgan fingerprint density at radius 3 is 1.22 bits per heavy atom. The van der Waals surface area contributed by atoms with Gasteiger partial charge in [-0.3, -0.25) is 24.2 Å². The molecule has 0 fully saturated rings. The van der Waals surface area contributed by atoms with Gasteiger partial charge in [0.05, 0.1) is 105 Å². The summed E-state index contributed by atoms with van der Waals surface area (Å²) in [7, 11) is 1.93. The summed E-state index contributed by atoms with van der Waals surface area (Å²) in [5.74, 6) is -2.52. The number of terminal acetylenes is 1. The molecule has 13 rings (SSSR count). The highest BCUT2D eigenvalue weighted by atomic mass is 35.5. The first kappa shape index (κ1) is 98.3. The molecule has 0 spiro atoms. The summed E-state index contributed by atoms with van der Waals surface area (Å²) in [5, 5.41) is 53.8. The van der Waals surface area contributed by atoms with E-state index in [1.807, 2.05) is 18.0 Å². The number of halogens is 12. The Hall–Kier alpha value is -14.6. The molecule has 41 heteroatoms. The van der Waals surface area contributed by atoms with E-state index in [9.17, 15) is 54.7 Å². The Balaban J connectivity index is 0.000000226. The highest BCUT2D eigenvalue weighted by molar-refractivity contribution is 7.18. The predicted molar refractivity (Wildman–Crippen MR) is 456 cm³/mol. The lowest BCUT2D eigenvalue weighted by molar-refractivity contribution is 0.0690. The van der Waals surface area contributed by atoms with E-state index < -0.39 is 52.3 Å². The fraction of sp³-hybridized carbons (Fsp3) is 0.0843. The maximum atomic E-state index is 14.6. The number of aromatic nitrogens is 2. The van der Waals surface area contributed by atoms with Crippen molar-refractivity contribution in [3.05, 3.63) is 358 Å². The van der Waals surface area contributed by atoms with Gasteiger partial charge in [0.15, 0.2) is 62.3 Å². The van der Waals surface area contributed by atoms with Crippen LogP contribution in [0.3, 0.4) is 0 Å². The van der Waals surface area contributed by atoms with Crippen LogP contribution in [0, 0.1) is 92.5 Å². The minimum Gasteiger partial charge on any atom is -0.478 e. The van der Waals surface area contributed by atoms with Gasteiger partial charge in [-0.15, -0.1) is 40.4 Å². The van der Waals surface area contributed by atoms with E-state index in [0.29, 0.717) is 68.9 Å². The number of benzene rings is 7. The second-order valence-corrected chi connectivity index (χ2v) is 29.3. The van der Waals surface area contributed by atoms with Gasteiger partial charge in [-0.1, -0.05) is 163 Å². The lowest BCUT2D eigenvalue weighted by atomic mass is 10.1. The minimum absolute atomic E-state index is 0.0163. The largest absolute Gasteiger partial charge is 0.478 e. The molecule has 3 amide bonds. The second-order valence-electron chi connectivity index (χ2n) is 23.4. The van der Waals surface area contributed by atoms with Crippen LogP contribution in [0.25, 0.3) is 51.6 Å². The molecule has 0 unspecified atom stereocenters. The van der Waals surface area contributed by atoms with Gasteiger partial charge in [-0.2, -0.15) is 0 Å². The zero-order chi connectivity index (χ0) is 91.1. The van der Waals surface area contributed by atoms with Crippen LogP contribution in [0.1, 0.15) is 83.5 Å². The SMILES string of the molecule is C#CCNC(=O)c1ccc(Cl)s1.CN1CCN=C1c1ccc(-c2cc(CNC(=O)c3ccc(Cl)s3)on2)c(F)c1.[C-]#[N+]c1ccc(-c2cc(CNC(=O)c3ccc(Cl)s3)on2)c(F)c1.[C-]#[N+]c1ccc(/C(Cl)=N/O)c(F)c1.[C-]#[N+]c1ccc(/C(Cl)=N/O)c(F)c1.[C-]#[N+]c1ccc(C(=O)O)c(F)c1.[C-]#[N+]c1ccc(C=O)c(F)c1.[C-]#[N+]c1ccc(CO)c(F)c1. The van der Waals surface area contributed by atoms with E-state index in [1.165, 1.54) is 113 Å². The van der Waals surface area contributed by atoms with Crippen LogP contribution >= 0.6 is 92.0 Å². The van der Waals surface area contributed by atoms with Crippen LogP contribution in [-0.4, -0.2) is 109 Å². The number of hydrogen-bond donors (Lipinski definition) is 7. The molecule has 124 heavy (non-hydrogen) atoms. The molecule has 628 valence electrons. The van der Waals surface area contributed by atoms with Crippen molar-refractivity contribution in [2.24, 2.45) is 15.3 Å². The summed E-state index contributed by atoms with van der Waals surface area (Å²) >= 11 is 31.6. The van der Waals surface area contributed by atoms with Crippen LogP contribution in [0.4, 0.5) is 64.9 Å². The Morgan fingerprint density at radius 1 is 0.516 bits per heavy atom. The number of amides is 3. The number of nitrogens with one attached hydrogen (secondary N) is 3. The molecule has 12 aromatic rings. The van der Waals surface area contributed by atoms with Crippen molar-refractivity contribution in [3.8, 4) is 34.9 Å². The van der Waals surface area contributed by atoms with Gasteiger partial charge in [0.1, 0.15) is 57.9 Å². The maximum Gasteiger partial charge on any atom is 0.338 e. The van der Waals surface area contributed by atoms with Crippen LogP contribution in [0.2, 0.25) is 13.0 Å². The van der Waals surface area contributed by atoms with Crippen LogP contribution in [0.15, 0.2) is 200 Å². The van der Waals surface area contributed by atoms with Crippen molar-refractivity contribution in [1.29, 1.82) is 0 Å². The monoisotopic (exact) mass is 1840 g/mol. The molecule has 7 aromatic carbocycles. The predicted octanol–water partition coefficient (Wildman–Crippen LogP) is 21.9. The summed E-state index contributed by atoms with van der Waals surface area (Å²) in [5.41, 5.74) is 2.78. The number of carboxylic acid groups (broad SMARTS) is 1. The van der Waals surface area contributed by atoms with Crippen molar-refractivity contribution in [3.63, 3.8) is 0 Å². The van der Waals surface area contributed by atoms with Gasteiger partial charge in [0, 0.05) is 64.7 Å². The number of nitrogens with zero attached hydrogens (tertiary/aromatic N) is 12. The smallest absolute Gasteiger partial charge is 0.338 e. The first-order valence-electron chi connectivity index (χ1n) is 34.0. The van der Waals surface area contributed by atoms with Crippen molar-refractivity contribution in [2.75, 3.05) is 26.7 Å². The average molecular weight is 1840 g/mol. The van der Waals surface area contributed by atoms with Crippen LogP contribution in [0.5, 0.6) is 0 Å². The Kier molecular flexibility index (Phi) is 39.5. The third kappa shape index (κ3) is 30.0. The Morgan fingerprint density at radius 2 is 0.887 bits per heavy atom. The number of aliphatic imine (C=N–C) groups is 1. The summed E-state index contributed by atoms with van der Waals surface area (Å²) in [6.45, 7) is 41.4. The van der Waals surface area contributed by atoms with Gasteiger partial charge in [-0.25, -0.2) is 64.6 Å². The van der Waals surface area contributed by atoms with Crippen molar-refractivity contribution >= 4 is 172 Å². The molecule has 0 aliphatic carbocycles. The zero-order valence-electron chi connectivity index (χ0n) is 62.9. The number of likely N-dealkylation sites (N-methyl/N-ethyl adjacent to an activating group) is 1. The number of aldehydes is 1. The molecule has 5 aromatic heterocycles. The molecule has 0 saturated heterocycles. The first-order valence-corrected chi connectivity index (χ1v) is 38.3. The molecule has 26 nitrogen and oxygen atoms in total. The molecule has 7 N–H and O–H groups in total. The fourth-order valence-corrected chi connectivity index (χ4v) is 12.5. The normalized spacial score (nSPS) is 10.7. The fourth-order valence-electron chi connectivity index (χ4n) is 9.32. The molecule has 0 atom stereocenters. The highest BCUT2D eigenvalue weighted by Crippen LogP contribution is 2.31. The number of aliphatic hydroxyl groups excluding tert-OH is 1. The highest BCUT2D eigenvalue weighted by Gasteiger charge is 2.21. The molecular formula is C83H53Cl5F7N15O11S3. The second kappa shape index (κ2) is 49.9. The number of carbonyl (C=O) groups excluding carboxylic acids is 4. The number of carbonyl (C=O) groups is 5. The molecule has 1 aliphatic rings. The summed E-state index contributed by atoms with van der Waals surface area (Å²) < 4.78 is 105. The number of rotatable bonds is 16. The van der Waals surface area contributed by atoms with Crippen LogP contribution in [-0.2, 0) is 19.7 Å². The van der Waals surface area contributed by atoms with Gasteiger partial charge in [0.2, 0.25) is 0 Å². The summed E-state index contributed by atoms with van der Waals surface area (Å²) in [6, 6.07) is 40.5. The maximum absolute atomic E-state index is 14.6. The van der Waals surface area contributed by atoms with Crippen molar-refractivity contribution in [2.45, 2.75) is 19.7 Å². The lowest BCUT2D eigenvalue weighted by Crippen LogP contribution is -2.23. The molecule has 0 bridgehead atoms. The standard InChI is InChI=1S/C19H16ClFN4O2S.C16H9ClFN3O2S.2C8H4ClFN2O.C8H6ClNOS.C8H4FNO2.C8H6FNO.C8H4FNO/c1-25-7-6-22-18(25)11-2-3-13(14(21)8-11)15-9-12(27-24-15)10-23-19(26)16-4-5-17(20)28-16;1-19-9-2-3-11(12(18)6-9)13-7-10(23-21-13)8-20-16(22)14-4-5-15(17)24-14;2*1-11-5-2-3-6(7(10)4-5)8(9)12-13;1-2-5-10-8(11)6-3-4-7(9)12-6;1-10-5-2-3-6(8(11)12)7(9)4-5;2*1-10-7-3-2-6(5-11)8(9)4-7/h2-5,8-9H,6-7,10H2,1H3,(H,23,26);2-7H,8H2,(H,20,22);2*2-4,13H;1,3-4H,5H2,(H,10,11);2-4H,(H,11,12);2-4,11H,5H2;2-5H/b;;2*12-8-;;;;.